The SMILES string of the molecule is CC1=C(/C=C/C(C)=C\C=C\C(C)=C/C(=O)O)C(C)(C)CCC1(C)C. The van der Waals surface area contributed by atoms with E-state index in [-0.39, 0.29) is 10.8 Å². The second-order valence-electron chi connectivity index (χ2n) is 8.14. The molecule has 0 aliphatic heterocycles. The van der Waals surface area contributed by atoms with E-state index in [1.54, 1.807) is 6.92 Å². The van der Waals surface area contributed by atoms with Crippen molar-refractivity contribution in [3.63, 3.8) is 0 Å². The van der Waals surface area contributed by atoms with Gasteiger partial charge in [0.05, 0.1) is 0 Å². The van der Waals surface area contributed by atoms with E-state index in [0.29, 0.717) is 0 Å². The molecule has 1 rings (SSSR count). The molecule has 24 heavy (non-hydrogen) atoms. The zero-order valence-corrected chi connectivity index (χ0v) is 16.2. The Morgan fingerprint density at radius 3 is 2.17 bits per heavy atom. The first-order chi connectivity index (χ1) is 11.0. The second-order valence-corrected chi connectivity index (χ2v) is 8.14. The number of carboxylic acids is 1. The maximum atomic E-state index is 10.6. The van der Waals surface area contributed by atoms with Crippen LogP contribution in [0.1, 0.15) is 61.3 Å². The molecule has 0 saturated carbocycles. The normalized spacial score (nSPS) is 21.8. The zero-order chi connectivity index (χ0) is 18.5. The molecule has 2 heteroatoms. The standard InChI is InChI=1S/C22H32O2/c1-16(9-8-10-17(2)15-20(23)24)11-12-19-18(3)21(4,5)13-14-22(19,6)7/h8-12,15H,13-14H2,1-7H3,(H,23,24)/b10-8+,12-11+,16-9-,17-15-. The van der Waals surface area contributed by atoms with E-state index >= 15 is 0 Å². The smallest absolute Gasteiger partial charge is 0.328 e. The monoisotopic (exact) mass is 328 g/mol. The average molecular weight is 328 g/mol. The molecule has 1 N–H and O–H groups in total. The van der Waals surface area contributed by atoms with Crippen molar-refractivity contribution in [2.75, 3.05) is 0 Å². The summed E-state index contributed by atoms with van der Waals surface area (Å²) in [6, 6.07) is 0. The van der Waals surface area contributed by atoms with Gasteiger partial charge in [0.1, 0.15) is 0 Å². The van der Waals surface area contributed by atoms with E-state index in [4.69, 9.17) is 5.11 Å². The number of rotatable bonds is 5. The van der Waals surface area contributed by atoms with Gasteiger partial charge in [-0.25, -0.2) is 4.79 Å². The lowest BCUT2D eigenvalue weighted by atomic mass is 9.63. The Morgan fingerprint density at radius 1 is 1.00 bits per heavy atom. The predicted molar refractivity (Wildman–Crippen MR) is 103 cm³/mol. The molecule has 0 radical (unpaired) electrons. The largest absolute Gasteiger partial charge is 0.478 e. The molecule has 0 fully saturated rings. The van der Waals surface area contributed by atoms with Gasteiger partial charge in [-0.3, -0.25) is 0 Å². The quantitative estimate of drug-likeness (QED) is 0.479. The first-order valence-electron chi connectivity index (χ1n) is 8.62. The molecule has 0 amide bonds. The van der Waals surface area contributed by atoms with E-state index in [0.717, 1.165) is 11.1 Å². The molecule has 0 atom stereocenters. The van der Waals surface area contributed by atoms with Gasteiger partial charge in [0.25, 0.3) is 0 Å². The molecule has 132 valence electrons. The van der Waals surface area contributed by atoms with Crippen LogP contribution in [0.5, 0.6) is 0 Å². The van der Waals surface area contributed by atoms with Gasteiger partial charge in [0.2, 0.25) is 0 Å². The van der Waals surface area contributed by atoms with Gasteiger partial charge in [-0.05, 0) is 55.6 Å². The van der Waals surface area contributed by atoms with Crippen LogP contribution >= 0.6 is 0 Å². The van der Waals surface area contributed by atoms with E-state index in [1.807, 2.05) is 18.2 Å². The molecule has 0 unspecified atom stereocenters. The Kier molecular flexibility index (Phi) is 6.59. The maximum absolute atomic E-state index is 10.6. The van der Waals surface area contributed by atoms with E-state index < -0.39 is 5.97 Å². The first kappa shape index (κ1) is 20.2. The highest BCUT2D eigenvalue weighted by Gasteiger charge is 2.35. The number of carboxylic acid groups (broad SMARTS) is 1. The molecule has 0 bridgehead atoms. The fraction of sp³-hybridized carbons (Fsp3) is 0.500. The first-order valence-corrected chi connectivity index (χ1v) is 8.62. The highest BCUT2D eigenvalue weighted by atomic mass is 16.4. The van der Waals surface area contributed by atoms with Crippen molar-refractivity contribution in [2.24, 2.45) is 10.8 Å². The average Bonchev–Trinajstić information content (AvgIpc) is 2.43. The van der Waals surface area contributed by atoms with Crippen LogP contribution < -0.4 is 0 Å². The lowest BCUT2D eigenvalue weighted by molar-refractivity contribution is -0.131. The summed E-state index contributed by atoms with van der Waals surface area (Å²) in [5, 5.41) is 8.70. The Balaban J connectivity index is 2.96. The third-order valence-corrected chi connectivity index (χ3v) is 5.11. The molecule has 1 aliphatic carbocycles. The number of aliphatic carboxylic acids is 1. The second kappa shape index (κ2) is 7.83. The minimum absolute atomic E-state index is 0.215. The third-order valence-electron chi connectivity index (χ3n) is 5.11. The Hall–Kier alpha value is -1.83. The highest BCUT2D eigenvalue weighted by molar-refractivity contribution is 5.81. The number of allylic oxidation sites excluding steroid dienone is 9. The molecule has 0 saturated heterocycles. The van der Waals surface area contributed by atoms with Gasteiger partial charge < -0.3 is 5.11 Å². The predicted octanol–water partition coefficient (Wildman–Crippen LogP) is 6.24. The number of hydrogen-bond acceptors (Lipinski definition) is 1. The summed E-state index contributed by atoms with van der Waals surface area (Å²) in [5.74, 6) is -0.915. The van der Waals surface area contributed by atoms with Crippen molar-refractivity contribution in [1.29, 1.82) is 0 Å². The summed E-state index contributed by atoms with van der Waals surface area (Å²) in [6.07, 6.45) is 13.8. The van der Waals surface area contributed by atoms with Gasteiger partial charge in [-0.2, -0.15) is 0 Å². The molecular formula is C22H32O2. The van der Waals surface area contributed by atoms with Gasteiger partial charge in [0.15, 0.2) is 0 Å². The van der Waals surface area contributed by atoms with E-state index in [9.17, 15) is 4.79 Å². The van der Waals surface area contributed by atoms with Crippen molar-refractivity contribution < 1.29 is 9.90 Å². The minimum Gasteiger partial charge on any atom is -0.478 e. The van der Waals surface area contributed by atoms with E-state index in [1.165, 1.54) is 30.1 Å². The topological polar surface area (TPSA) is 37.3 Å². The molecule has 0 aromatic carbocycles. The Labute approximate surface area is 147 Å². The summed E-state index contributed by atoms with van der Waals surface area (Å²) in [6.45, 7) is 15.4. The van der Waals surface area contributed by atoms with Crippen molar-refractivity contribution in [2.45, 2.75) is 61.3 Å². The fourth-order valence-electron chi connectivity index (χ4n) is 3.03. The lowest BCUT2D eigenvalue weighted by Gasteiger charge is -2.42. The van der Waals surface area contributed by atoms with Crippen molar-refractivity contribution >= 4 is 5.97 Å². The van der Waals surface area contributed by atoms with Gasteiger partial charge in [-0.1, -0.05) is 69.2 Å². The van der Waals surface area contributed by atoms with Crippen LogP contribution in [-0.2, 0) is 4.79 Å². The van der Waals surface area contributed by atoms with Crippen LogP contribution in [0.25, 0.3) is 0 Å². The zero-order valence-electron chi connectivity index (χ0n) is 16.2. The van der Waals surface area contributed by atoms with Crippen molar-refractivity contribution in [1.82, 2.24) is 0 Å². The summed E-state index contributed by atoms with van der Waals surface area (Å²) in [7, 11) is 0. The number of carbonyl (C=O) groups is 1. The van der Waals surface area contributed by atoms with Crippen LogP contribution in [0.2, 0.25) is 0 Å². The van der Waals surface area contributed by atoms with E-state index in [2.05, 4.69) is 53.7 Å². The van der Waals surface area contributed by atoms with Crippen molar-refractivity contribution in [3.05, 3.63) is 58.7 Å². The van der Waals surface area contributed by atoms with Gasteiger partial charge >= 0.3 is 5.97 Å². The molecule has 0 aromatic rings. The van der Waals surface area contributed by atoms with Crippen LogP contribution in [0.4, 0.5) is 0 Å². The van der Waals surface area contributed by atoms with Crippen molar-refractivity contribution in [3.8, 4) is 0 Å². The highest BCUT2D eigenvalue weighted by Crippen LogP contribution is 2.48. The molecule has 1 aliphatic rings. The molecule has 0 spiro atoms. The van der Waals surface area contributed by atoms with Gasteiger partial charge in [-0.15, -0.1) is 0 Å². The summed E-state index contributed by atoms with van der Waals surface area (Å²) in [5.41, 5.74) is 5.28. The summed E-state index contributed by atoms with van der Waals surface area (Å²) >= 11 is 0. The Morgan fingerprint density at radius 2 is 1.58 bits per heavy atom. The summed E-state index contributed by atoms with van der Waals surface area (Å²) in [4.78, 5) is 10.6. The molecular weight excluding hydrogens is 296 g/mol. The Bertz CT molecular complexity index is 635. The molecule has 0 heterocycles. The van der Waals surface area contributed by atoms with Crippen LogP contribution in [0.15, 0.2) is 58.7 Å². The lowest BCUT2D eigenvalue weighted by Crippen LogP contribution is -2.29. The molecule has 0 aromatic heterocycles. The van der Waals surface area contributed by atoms with Gasteiger partial charge in [0, 0.05) is 6.08 Å². The van der Waals surface area contributed by atoms with Crippen LogP contribution in [0, 0.1) is 10.8 Å². The van der Waals surface area contributed by atoms with Crippen LogP contribution in [0.3, 0.4) is 0 Å². The maximum Gasteiger partial charge on any atom is 0.328 e. The fourth-order valence-corrected chi connectivity index (χ4v) is 3.03. The summed E-state index contributed by atoms with van der Waals surface area (Å²) < 4.78 is 0. The number of hydrogen-bond donors (Lipinski definition) is 1. The third kappa shape index (κ3) is 5.67. The van der Waals surface area contributed by atoms with Crippen LogP contribution in [-0.4, -0.2) is 11.1 Å². The minimum atomic E-state index is -0.915. The molecule has 2 nitrogen and oxygen atoms in total.